The average molecular weight is 426 g/mol. The monoisotopic (exact) mass is 426 g/mol. The smallest absolute Gasteiger partial charge is 0.496 e. The summed E-state index contributed by atoms with van der Waals surface area (Å²) >= 11 is 0. The lowest BCUT2D eigenvalue weighted by Gasteiger charge is -2.23. The molecule has 8 heteroatoms. The Balaban J connectivity index is 1.62. The van der Waals surface area contributed by atoms with Crippen molar-refractivity contribution in [2.75, 3.05) is 39.9 Å². The molecule has 0 unspecified atom stereocenters. The van der Waals surface area contributed by atoms with Crippen LogP contribution < -0.4 is 9.47 Å². The van der Waals surface area contributed by atoms with E-state index in [4.69, 9.17) is 14.2 Å². The van der Waals surface area contributed by atoms with Gasteiger partial charge in [-0.25, -0.2) is 4.79 Å². The fourth-order valence-electron chi connectivity index (χ4n) is 3.41. The third kappa shape index (κ3) is 5.53. The molecule has 1 fully saturated rings. The summed E-state index contributed by atoms with van der Waals surface area (Å²) < 4.78 is 15.0. The van der Waals surface area contributed by atoms with E-state index < -0.39 is 6.16 Å². The fourth-order valence-corrected chi connectivity index (χ4v) is 3.41. The van der Waals surface area contributed by atoms with Crippen molar-refractivity contribution in [3.63, 3.8) is 0 Å². The van der Waals surface area contributed by atoms with Gasteiger partial charge in [-0.3, -0.25) is 9.59 Å². The molecule has 0 aliphatic carbocycles. The molecule has 0 radical (unpaired) electrons. The maximum atomic E-state index is 12.9. The Morgan fingerprint density at radius 1 is 0.871 bits per heavy atom. The summed E-state index contributed by atoms with van der Waals surface area (Å²) in [6.07, 6.45) is -0.106. The first-order chi connectivity index (χ1) is 15.0. The van der Waals surface area contributed by atoms with Gasteiger partial charge in [0.2, 0.25) is 0 Å². The average Bonchev–Trinajstić information content (AvgIpc) is 3.05. The third-order valence-electron chi connectivity index (χ3n) is 4.97. The van der Waals surface area contributed by atoms with E-state index in [0.717, 1.165) is 0 Å². The molecule has 8 nitrogen and oxygen atoms in total. The standard InChI is InChI=1S/C23H26N2O6/c1-3-30-23(28)31-18-11-9-17(10-12-18)21(26)24-13-6-14-25(16-15-24)22(27)19-7-4-5-8-20(19)29-2/h4-5,7-12H,3,6,13-16H2,1-2H3. The lowest BCUT2D eigenvalue weighted by atomic mass is 10.1. The molecule has 2 aromatic rings. The molecule has 0 bridgehead atoms. The van der Waals surface area contributed by atoms with Gasteiger partial charge in [0.05, 0.1) is 19.3 Å². The zero-order valence-electron chi connectivity index (χ0n) is 17.7. The van der Waals surface area contributed by atoms with E-state index in [9.17, 15) is 14.4 Å². The van der Waals surface area contributed by atoms with E-state index in [1.807, 2.05) is 6.07 Å². The molecule has 1 aliphatic rings. The highest BCUT2D eigenvalue weighted by molar-refractivity contribution is 5.97. The van der Waals surface area contributed by atoms with Crippen LogP contribution in [0.5, 0.6) is 11.5 Å². The Bertz CT molecular complexity index is 928. The van der Waals surface area contributed by atoms with Gasteiger partial charge < -0.3 is 24.0 Å². The van der Waals surface area contributed by atoms with Crippen LogP contribution in [0.25, 0.3) is 0 Å². The fraction of sp³-hybridized carbons (Fsp3) is 0.348. The molecule has 164 valence electrons. The van der Waals surface area contributed by atoms with Crippen LogP contribution in [0.2, 0.25) is 0 Å². The van der Waals surface area contributed by atoms with Gasteiger partial charge in [0, 0.05) is 31.7 Å². The van der Waals surface area contributed by atoms with Crippen LogP contribution >= 0.6 is 0 Å². The summed E-state index contributed by atoms with van der Waals surface area (Å²) in [7, 11) is 1.54. The lowest BCUT2D eigenvalue weighted by Crippen LogP contribution is -2.37. The van der Waals surface area contributed by atoms with E-state index in [-0.39, 0.29) is 18.4 Å². The Hall–Kier alpha value is -3.55. The van der Waals surface area contributed by atoms with Crippen molar-refractivity contribution >= 4 is 18.0 Å². The van der Waals surface area contributed by atoms with Crippen molar-refractivity contribution < 1.29 is 28.6 Å². The molecular formula is C23H26N2O6. The number of para-hydroxylation sites is 1. The normalized spacial score (nSPS) is 13.9. The molecule has 1 saturated heterocycles. The van der Waals surface area contributed by atoms with Crippen LogP contribution in [-0.2, 0) is 4.74 Å². The molecule has 0 spiro atoms. The third-order valence-corrected chi connectivity index (χ3v) is 4.97. The van der Waals surface area contributed by atoms with E-state index in [2.05, 4.69) is 0 Å². The zero-order chi connectivity index (χ0) is 22.2. The highest BCUT2D eigenvalue weighted by Gasteiger charge is 2.25. The van der Waals surface area contributed by atoms with Crippen LogP contribution in [0.1, 0.15) is 34.1 Å². The number of hydrogen-bond donors (Lipinski definition) is 0. The van der Waals surface area contributed by atoms with Gasteiger partial charge in [-0.15, -0.1) is 0 Å². The first kappa shape index (κ1) is 22.1. The second-order valence-electron chi connectivity index (χ2n) is 6.95. The Morgan fingerprint density at radius 3 is 2.16 bits per heavy atom. The van der Waals surface area contributed by atoms with Gasteiger partial charge >= 0.3 is 6.16 Å². The predicted octanol–water partition coefficient (Wildman–Crippen LogP) is 3.22. The number of methoxy groups -OCH3 is 1. The van der Waals surface area contributed by atoms with Gasteiger partial charge in [-0.2, -0.15) is 0 Å². The summed E-state index contributed by atoms with van der Waals surface area (Å²) in [4.78, 5) is 40.7. The highest BCUT2D eigenvalue weighted by Crippen LogP contribution is 2.21. The Labute approximate surface area is 181 Å². The minimum Gasteiger partial charge on any atom is -0.496 e. The summed E-state index contributed by atoms with van der Waals surface area (Å²) in [6.45, 7) is 3.90. The van der Waals surface area contributed by atoms with Crippen molar-refractivity contribution in [2.45, 2.75) is 13.3 Å². The van der Waals surface area contributed by atoms with Gasteiger partial charge in [0.1, 0.15) is 11.5 Å². The number of nitrogens with zero attached hydrogens (tertiary/aromatic N) is 2. The summed E-state index contributed by atoms with van der Waals surface area (Å²) in [6, 6.07) is 13.5. The van der Waals surface area contributed by atoms with Crippen molar-refractivity contribution in [3.8, 4) is 11.5 Å². The number of carbonyl (C=O) groups is 3. The van der Waals surface area contributed by atoms with Gasteiger partial charge in [-0.05, 0) is 49.7 Å². The molecule has 0 atom stereocenters. The van der Waals surface area contributed by atoms with Crippen molar-refractivity contribution in [2.24, 2.45) is 0 Å². The summed E-state index contributed by atoms with van der Waals surface area (Å²) in [5.74, 6) is 0.607. The Morgan fingerprint density at radius 2 is 1.52 bits per heavy atom. The van der Waals surface area contributed by atoms with E-state index in [1.165, 1.54) is 7.11 Å². The molecule has 1 heterocycles. The highest BCUT2D eigenvalue weighted by atomic mass is 16.7. The number of ether oxygens (including phenoxy) is 3. The van der Waals surface area contributed by atoms with E-state index in [1.54, 1.807) is 59.2 Å². The van der Waals surface area contributed by atoms with Gasteiger partial charge in [0.25, 0.3) is 11.8 Å². The maximum absolute atomic E-state index is 12.9. The minimum absolute atomic E-state index is 0.104. The summed E-state index contributed by atoms with van der Waals surface area (Å²) in [5, 5.41) is 0. The number of carbonyl (C=O) groups excluding carboxylic acids is 3. The Kier molecular flexibility index (Phi) is 7.48. The van der Waals surface area contributed by atoms with Crippen molar-refractivity contribution in [1.82, 2.24) is 9.80 Å². The quantitative estimate of drug-likeness (QED) is 0.539. The molecule has 0 saturated carbocycles. The number of benzene rings is 2. The largest absolute Gasteiger partial charge is 0.513 e. The molecule has 0 aromatic heterocycles. The van der Waals surface area contributed by atoms with E-state index >= 15 is 0 Å². The number of amides is 2. The van der Waals surface area contributed by atoms with Crippen LogP contribution in [0.15, 0.2) is 48.5 Å². The SMILES string of the molecule is CCOC(=O)Oc1ccc(C(=O)N2CCCN(C(=O)c3ccccc3OC)CC2)cc1. The van der Waals surface area contributed by atoms with Crippen molar-refractivity contribution in [3.05, 3.63) is 59.7 Å². The minimum atomic E-state index is -0.783. The molecule has 3 rings (SSSR count). The molecule has 31 heavy (non-hydrogen) atoms. The second-order valence-corrected chi connectivity index (χ2v) is 6.95. The first-order valence-corrected chi connectivity index (χ1v) is 10.2. The maximum Gasteiger partial charge on any atom is 0.513 e. The zero-order valence-corrected chi connectivity index (χ0v) is 17.7. The molecule has 2 aromatic carbocycles. The van der Waals surface area contributed by atoms with Crippen LogP contribution in [-0.4, -0.2) is 67.7 Å². The topological polar surface area (TPSA) is 85.4 Å². The van der Waals surface area contributed by atoms with Crippen LogP contribution in [0.4, 0.5) is 4.79 Å². The molecule has 2 amide bonds. The molecule has 0 N–H and O–H groups in total. The summed E-state index contributed by atoms with van der Waals surface area (Å²) in [5.41, 5.74) is 1.00. The second kappa shape index (κ2) is 10.5. The number of hydrogen-bond acceptors (Lipinski definition) is 6. The lowest BCUT2D eigenvalue weighted by molar-refractivity contribution is 0.0717. The number of rotatable bonds is 5. The van der Waals surface area contributed by atoms with Crippen LogP contribution in [0, 0.1) is 0 Å². The van der Waals surface area contributed by atoms with Crippen molar-refractivity contribution in [1.29, 1.82) is 0 Å². The van der Waals surface area contributed by atoms with Crippen LogP contribution in [0.3, 0.4) is 0 Å². The van der Waals surface area contributed by atoms with E-state index in [0.29, 0.717) is 55.2 Å². The molecule has 1 aliphatic heterocycles. The first-order valence-electron chi connectivity index (χ1n) is 10.2. The van der Waals surface area contributed by atoms with Gasteiger partial charge in [0.15, 0.2) is 0 Å². The molecular weight excluding hydrogens is 400 g/mol. The predicted molar refractivity (Wildman–Crippen MR) is 114 cm³/mol. The van der Waals surface area contributed by atoms with Gasteiger partial charge in [-0.1, -0.05) is 12.1 Å².